The lowest BCUT2D eigenvalue weighted by Gasteiger charge is -2.18. The lowest BCUT2D eigenvalue weighted by atomic mass is 10.1. The molecule has 66 heavy (non-hydrogen) atoms. The van der Waals surface area contributed by atoms with Crippen LogP contribution in [0.4, 0.5) is 0 Å². The van der Waals surface area contributed by atoms with Crippen LogP contribution in [0.2, 0.25) is 0 Å². The van der Waals surface area contributed by atoms with Gasteiger partial charge in [0.25, 0.3) is 0 Å². The van der Waals surface area contributed by atoms with Crippen LogP contribution in [0.3, 0.4) is 0 Å². The first kappa shape index (κ1) is 63.1. The zero-order valence-corrected chi connectivity index (χ0v) is 43.7. The molecule has 0 N–H and O–H groups in total. The first-order chi connectivity index (χ1) is 32.5. The number of esters is 3. The zero-order valence-electron chi connectivity index (χ0n) is 43.7. The Kier molecular flexibility index (Phi) is 52.3. The van der Waals surface area contributed by atoms with E-state index in [1.807, 2.05) is 0 Å². The van der Waals surface area contributed by atoms with Crippen LogP contribution in [0.5, 0.6) is 0 Å². The number of rotatable bonds is 51. The maximum absolute atomic E-state index is 12.8. The number of carbonyl (C=O) groups is 3. The minimum Gasteiger partial charge on any atom is -0.462 e. The Balaban J connectivity index is 4.43. The van der Waals surface area contributed by atoms with E-state index in [1.54, 1.807) is 0 Å². The van der Waals surface area contributed by atoms with E-state index in [4.69, 9.17) is 14.2 Å². The van der Waals surface area contributed by atoms with Gasteiger partial charge < -0.3 is 14.2 Å². The predicted molar refractivity (Wildman–Crippen MR) is 284 cm³/mol. The minimum atomic E-state index is -0.793. The Bertz CT molecular complexity index is 1200. The third-order valence-corrected chi connectivity index (χ3v) is 12.2. The number of hydrogen-bond donors (Lipinski definition) is 0. The molecule has 0 rings (SSSR count). The maximum atomic E-state index is 12.8. The molecule has 0 aromatic heterocycles. The molecule has 1 atom stereocenters. The summed E-state index contributed by atoms with van der Waals surface area (Å²) >= 11 is 0. The van der Waals surface area contributed by atoms with E-state index < -0.39 is 6.10 Å². The van der Waals surface area contributed by atoms with Crippen LogP contribution in [-0.4, -0.2) is 37.2 Å². The summed E-state index contributed by atoms with van der Waals surface area (Å²) in [5.74, 6) is -0.919. The standard InChI is InChI=1S/C60H106O6/c1-4-7-10-13-16-19-22-25-28-30-33-35-38-41-44-47-50-53-59(62)65-56-57(55-64-58(61)52-49-46-43-40-37-34-31-27-24-21-18-15-12-9-6-3)66-60(63)54-51-48-45-42-39-36-32-29-26-23-20-17-14-11-8-5-2/h16,19,21,24-25,28-29,32,36,39,57H,4-15,17-18,20,22-23,26-27,30-31,33-35,37-38,40-56H2,1-3H3/b19-16-,24-21-,28-25-,32-29-,39-36-. The number of carbonyl (C=O) groups excluding carboxylic acids is 3. The third-order valence-electron chi connectivity index (χ3n) is 12.2. The van der Waals surface area contributed by atoms with Crippen LogP contribution < -0.4 is 0 Å². The predicted octanol–water partition coefficient (Wildman–Crippen LogP) is 18.8. The second-order valence-corrected chi connectivity index (χ2v) is 18.9. The molecule has 0 radical (unpaired) electrons. The molecule has 0 saturated carbocycles. The summed E-state index contributed by atoms with van der Waals surface area (Å²) in [5.41, 5.74) is 0. The number of allylic oxidation sites excluding steroid dienone is 10. The summed E-state index contributed by atoms with van der Waals surface area (Å²) in [5, 5.41) is 0. The first-order valence-electron chi connectivity index (χ1n) is 28.3. The number of unbranched alkanes of at least 4 members (excludes halogenated alkanes) is 31. The van der Waals surface area contributed by atoms with Gasteiger partial charge in [-0.15, -0.1) is 0 Å². The van der Waals surface area contributed by atoms with Gasteiger partial charge in [-0.25, -0.2) is 0 Å². The molecule has 0 saturated heterocycles. The highest BCUT2D eigenvalue weighted by atomic mass is 16.6. The fraction of sp³-hybridized carbons (Fsp3) is 0.783. The van der Waals surface area contributed by atoms with Crippen molar-refractivity contribution in [1.29, 1.82) is 0 Å². The minimum absolute atomic E-state index is 0.0890. The Labute approximate surface area is 409 Å². The van der Waals surface area contributed by atoms with Gasteiger partial charge in [-0.3, -0.25) is 14.4 Å². The van der Waals surface area contributed by atoms with E-state index in [0.29, 0.717) is 19.3 Å². The molecule has 6 heteroatoms. The van der Waals surface area contributed by atoms with Gasteiger partial charge in [0.05, 0.1) is 0 Å². The Morgan fingerprint density at radius 1 is 0.318 bits per heavy atom. The van der Waals surface area contributed by atoms with Gasteiger partial charge >= 0.3 is 17.9 Å². The number of hydrogen-bond acceptors (Lipinski definition) is 6. The Morgan fingerprint density at radius 2 is 0.591 bits per heavy atom. The van der Waals surface area contributed by atoms with Crippen molar-refractivity contribution in [2.75, 3.05) is 13.2 Å². The van der Waals surface area contributed by atoms with Gasteiger partial charge in [-0.1, -0.05) is 223 Å². The van der Waals surface area contributed by atoms with E-state index in [9.17, 15) is 14.4 Å². The molecule has 0 aromatic rings. The van der Waals surface area contributed by atoms with Crippen molar-refractivity contribution in [2.24, 2.45) is 0 Å². The summed E-state index contributed by atoms with van der Waals surface area (Å²) in [7, 11) is 0. The molecule has 0 bridgehead atoms. The molecule has 0 aliphatic carbocycles. The van der Waals surface area contributed by atoms with Crippen LogP contribution in [0.15, 0.2) is 60.8 Å². The van der Waals surface area contributed by atoms with Crippen LogP contribution in [0.25, 0.3) is 0 Å². The topological polar surface area (TPSA) is 78.9 Å². The van der Waals surface area contributed by atoms with Crippen LogP contribution in [0.1, 0.15) is 284 Å². The summed E-state index contributed by atoms with van der Waals surface area (Å²) < 4.78 is 16.8. The van der Waals surface area contributed by atoms with Gasteiger partial charge in [0, 0.05) is 19.3 Å². The molecule has 1 unspecified atom stereocenters. The van der Waals surface area contributed by atoms with Crippen LogP contribution in [0, 0.1) is 0 Å². The zero-order chi connectivity index (χ0) is 47.9. The molecule has 6 nitrogen and oxygen atoms in total. The fourth-order valence-electron chi connectivity index (χ4n) is 7.93. The normalized spacial score (nSPS) is 12.5. The molecule has 0 aromatic carbocycles. The molecular weight excluding hydrogens is 817 g/mol. The molecule has 382 valence electrons. The van der Waals surface area contributed by atoms with Crippen molar-refractivity contribution in [2.45, 2.75) is 290 Å². The van der Waals surface area contributed by atoms with Gasteiger partial charge in [-0.05, 0) is 103 Å². The van der Waals surface area contributed by atoms with E-state index >= 15 is 0 Å². The summed E-state index contributed by atoms with van der Waals surface area (Å²) in [6, 6.07) is 0. The lowest BCUT2D eigenvalue weighted by molar-refractivity contribution is -0.167. The highest BCUT2D eigenvalue weighted by Gasteiger charge is 2.19. The molecular formula is C60H106O6. The van der Waals surface area contributed by atoms with Gasteiger partial charge in [0.1, 0.15) is 13.2 Å². The van der Waals surface area contributed by atoms with Crippen molar-refractivity contribution < 1.29 is 28.6 Å². The number of ether oxygens (including phenoxy) is 3. The fourth-order valence-corrected chi connectivity index (χ4v) is 7.93. The summed E-state index contributed by atoms with van der Waals surface area (Å²) in [6.07, 6.45) is 67.7. The summed E-state index contributed by atoms with van der Waals surface area (Å²) in [6.45, 7) is 6.58. The van der Waals surface area contributed by atoms with Crippen molar-refractivity contribution in [1.82, 2.24) is 0 Å². The molecule has 0 aliphatic heterocycles. The monoisotopic (exact) mass is 923 g/mol. The highest BCUT2D eigenvalue weighted by molar-refractivity contribution is 5.71. The molecule has 0 spiro atoms. The molecule has 0 amide bonds. The van der Waals surface area contributed by atoms with Gasteiger partial charge in [0.2, 0.25) is 0 Å². The smallest absolute Gasteiger partial charge is 0.306 e. The third kappa shape index (κ3) is 52.1. The first-order valence-corrected chi connectivity index (χ1v) is 28.3. The Hall–Kier alpha value is -2.89. The van der Waals surface area contributed by atoms with E-state index in [0.717, 1.165) is 83.5 Å². The second-order valence-electron chi connectivity index (χ2n) is 18.9. The van der Waals surface area contributed by atoms with Crippen molar-refractivity contribution in [3.8, 4) is 0 Å². The maximum Gasteiger partial charge on any atom is 0.306 e. The molecule has 0 aliphatic rings. The molecule has 0 heterocycles. The summed E-state index contributed by atoms with van der Waals surface area (Å²) in [4.78, 5) is 38.1. The van der Waals surface area contributed by atoms with E-state index in [1.165, 1.54) is 161 Å². The van der Waals surface area contributed by atoms with Crippen LogP contribution in [-0.2, 0) is 28.6 Å². The van der Waals surface area contributed by atoms with Crippen molar-refractivity contribution in [3.63, 3.8) is 0 Å². The van der Waals surface area contributed by atoms with Gasteiger partial charge in [-0.2, -0.15) is 0 Å². The molecule has 0 fully saturated rings. The van der Waals surface area contributed by atoms with E-state index in [-0.39, 0.29) is 31.1 Å². The largest absolute Gasteiger partial charge is 0.462 e. The van der Waals surface area contributed by atoms with Crippen LogP contribution >= 0.6 is 0 Å². The van der Waals surface area contributed by atoms with Crippen molar-refractivity contribution >= 4 is 17.9 Å². The average molecular weight is 924 g/mol. The average Bonchev–Trinajstić information content (AvgIpc) is 3.31. The Morgan fingerprint density at radius 3 is 1.00 bits per heavy atom. The SMILES string of the molecule is CCCCC/C=C\C/C=C\CCCCCCCCCC(=O)OCC(COC(=O)CCCCCCCCC/C=C\CCCCCC)OC(=O)CCCCC/C=C\C=C/CCCCCCCCC. The van der Waals surface area contributed by atoms with Crippen molar-refractivity contribution in [3.05, 3.63) is 60.8 Å². The van der Waals surface area contributed by atoms with E-state index in [2.05, 4.69) is 81.5 Å². The highest BCUT2D eigenvalue weighted by Crippen LogP contribution is 2.15. The van der Waals surface area contributed by atoms with Gasteiger partial charge in [0.15, 0.2) is 6.10 Å². The lowest BCUT2D eigenvalue weighted by Crippen LogP contribution is -2.30. The second kappa shape index (κ2) is 54.7. The quantitative estimate of drug-likeness (QED) is 0.0199.